The minimum atomic E-state index is -4.67. The summed E-state index contributed by atoms with van der Waals surface area (Å²) in [6.45, 7) is 11.3. The summed E-state index contributed by atoms with van der Waals surface area (Å²) < 4.78 is 43.2. The Labute approximate surface area is 321 Å². The Morgan fingerprint density at radius 3 is 1.11 bits per heavy atom. The summed E-state index contributed by atoms with van der Waals surface area (Å²) in [7, 11) is -4.67. The fourth-order valence-electron chi connectivity index (χ4n) is 6.58. The van der Waals surface area contributed by atoms with E-state index in [2.05, 4.69) is 0 Å². The van der Waals surface area contributed by atoms with Gasteiger partial charge in [0.2, 0.25) is 9.84 Å². The van der Waals surface area contributed by atoms with E-state index in [1.54, 1.807) is 97.1 Å². The van der Waals surface area contributed by atoms with Gasteiger partial charge in [0, 0.05) is 11.1 Å². The summed E-state index contributed by atoms with van der Waals surface area (Å²) in [5.41, 5.74) is 2.24. The second-order valence-corrected chi connectivity index (χ2v) is 17.1. The van der Waals surface area contributed by atoms with Crippen molar-refractivity contribution in [2.24, 2.45) is 0 Å². The zero-order chi connectivity index (χ0) is 39.7. The number of hydrogen-bond donors (Lipinski definition) is 2. The van der Waals surface area contributed by atoms with E-state index >= 15 is 8.42 Å². The monoisotopic (exact) mass is 754 g/mol. The first-order chi connectivity index (χ1) is 26.0. The van der Waals surface area contributed by atoms with Crippen molar-refractivity contribution in [2.45, 2.75) is 62.2 Å². The highest BCUT2D eigenvalue weighted by molar-refractivity contribution is 7.91. The van der Waals surface area contributed by atoms with Crippen LogP contribution in [-0.2, 0) is 20.7 Å². The normalized spacial score (nSPS) is 11.9. The van der Waals surface area contributed by atoms with Crippen molar-refractivity contribution < 1.29 is 37.7 Å². The molecule has 8 nitrogen and oxygen atoms in total. The van der Waals surface area contributed by atoms with Crippen LogP contribution in [0.15, 0.2) is 143 Å². The fourth-order valence-corrected chi connectivity index (χ4v) is 8.08. The Morgan fingerprint density at radius 2 is 0.800 bits per heavy atom. The molecule has 55 heavy (non-hydrogen) atoms. The zero-order valence-corrected chi connectivity index (χ0v) is 32.3. The van der Waals surface area contributed by atoms with Crippen molar-refractivity contribution in [3.8, 4) is 45.3 Å². The molecule has 0 fully saturated rings. The molecule has 0 saturated carbocycles. The SMILES string of the molecule is CC(C)(C)c1c(-c2ccc(O)cc2)ccc(S(=O)(=O)c2ccc(-c3ccc(O)cc3)c(C(C)(C)C)c2OC(=O)c2ccccc2)c1OC(=O)c1ccccc1. The van der Waals surface area contributed by atoms with Gasteiger partial charge in [-0.3, -0.25) is 0 Å². The Bertz CT molecular complexity index is 2310. The Morgan fingerprint density at radius 1 is 0.473 bits per heavy atom. The van der Waals surface area contributed by atoms with E-state index in [-0.39, 0.29) is 43.9 Å². The lowest BCUT2D eigenvalue weighted by atomic mass is 9.81. The van der Waals surface area contributed by atoms with E-state index in [0.29, 0.717) is 33.4 Å². The zero-order valence-electron chi connectivity index (χ0n) is 31.5. The van der Waals surface area contributed by atoms with Crippen LogP contribution in [0.2, 0.25) is 0 Å². The van der Waals surface area contributed by atoms with Crippen molar-refractivity contribution in [2.75, 3.05) is 0 Å². The molecule has 0 atom stereocenters. The minimum Gasteiger partial charge on any atom is -0.508 e. The van der Waals surface area contributed by atoms with Crippen LogP contribution >= 0.6 is 0 Å². The van der Waals surface area contributed by atoms with Crippen molar-refractivity contribution in [1.29, 1.82) is 0 Å². The van der Waals surface area contributed by atoms with Crippen LogP contribution in [0.1, 0.15) is 73.4 Å². The summed E-state index contributed by atoms with van der Waals surface area (Å²) >= 11 is 0. The van der Waals surface area contributed by atoms with Crippen molar-refractivity contribution in [3.05, 3.63) is 156 Å². The summed E-state index contributed by atoms with van der Waals surface area (Å²) in [6, 6.07) is 35.6. The second-order valence-electron chi connectivity index (χ2n) is 15.2. The Hall–Kier alpha value is -6.19. The van der Waals surface area contributed by atoms with Gasteiger partial charge in [0.05, 0.1) is 11.1 Å². The molecular formula is C46H42O8S. The van der Waals surface area contributed by atoms with Gasteiger partial charge in [-0.2, -0.15) is 0 Å². The minimum absolute atomic E-state index is 0.0546. The van der Waals surface area contributed by atoms with Gasteiger partial charge in [0.1, 0.15) is 21.3 Å². The fraction of sp³-hybridized carbons (Fsp3) is 0.174. The molecule has 2 N–H and O–H groups in total. The van der Waals surface area contributed by atoms with Gasteiger partial charge in [-0.05, 0) is 93.7 Å². The van der Waals surface area contributed by atoms with Crippen LogP contribution in [0.3, 0.4) is 0 Å². The van der Waals surface area contributed by atoms with Gasteiger partial charge >= 0.3 is 11.9 Å². The maximum atomic E-state index is 15.4. The molecule has 280 valence electrons. The van der Waals surface area contributed by atoms with E-state index in [0.717, 1.165) is 0 Å². The van der Waals surface area contributed by atoms with E-state index in [1.165, 1.54) is 36.4 Å². The number of ether oxygens (including phenoxy) is 2. The Kier molecular flexibility index (Phi) is 10.4. The first-order valence-electron chi connectivity index (χ1n) is 17.7. The molecule has 0 bridgehead atoms. The maximum Gasteiger partial charge on any atom is 0.343 e. The van der Waals surface area contributed by atoms with E-state index in [4.69, 9.17) is 9.47 Å². The summed E-state index contributed by atoms with van der Waals surface area (Å²) in [5.74, 6) is -1.77. The number of benzene rings is 6. The lowest BCUT2D eigenvalue weighted by molar-refractivity contribution is 0.0718. The van der Waals surface area contributed by atoms with E-state index < -0.39 is 32.6 Å². The molecule has 0 aliphatic rings. The lowest BCUT2D eigenvalue weighted by Gasteiger charge is -2.29. The van der Waals surface area contributed by atoms with Crippen LogP contribution < -0.4 is 9.47 Å². The van der Waals surface area contributed by atoms with Gasteiger partial charge in [0.25, 0.3) is 0 Å². The first kappa shape index (κ1) is 38.5. The molecule has 6 aromatic carbocycles. The van der Waals surface area contributed by atoms with Crippen LogP contribution in [0, 0.1) is 0 Å². The quantitative estimate of drug-likeness (QED) is 0.116. The number of rotatable bonds is 8. The number of phenolic OH excluding ortho intramolecular Hbond substituents is 2. The van der Waals surface area contributed by atoms with Crippen LogP contribution in [-0.4, -0.2) is 30.6 Å². The molecule has 0 aliphatic carbocycles. The van der Waals surface area contributed by atoms with Gasteiger partial charge in [0.15, 0.2) is 11.5 Å². The standard InChI is InChI=1S/C46H42O8S/c1-45(2,3)39-35(29-17-21-33(47)22-18-29)25-27-37(41(39)53-43(49)31-13-9-7-10-14-31)55(51,52)38-28-26-36(30-19-23-34(48)24-20-30)40(46(4,5)6)42(38)54-44(50)32-15-11-8-12-16-32/h7-28,47-48H,1-6H3. The molecule has 0 unspecified atom stereocenters. The smallest absolute Gasteiger partial charge is 0.343 e. The molecule has 0 radical (unpaired) electrons. The molecule has 9 heteroatoms. The highest BCUT2D eigenvalue weighted by Crippen LogP contribution is 2.49. The van der Waals surface area contributed by atoms with Crippen molar-refractivity contribution in [3.63, 3.8) is 0 Å². The third-order valence-electron chi connectivity index (χ3n) is 9.09. The second kappa shape index (κ2) is 14.9. The topological polar surface area (TPSA) is 127 Å². The molecule has 0 aliphatic heterocycles. The largest absolute Gasteiger partial charge is 0.508 e. The summed E-state index contributed by atoms with van der Waals surface area (Å²) in [4.78, 5) is 27.1. The number of aromatic hydroxyl groups is 2. The Balaban J connectivity index is 1.67. The molecule has 6 aromatic rings. The van der Waals surface area contributed by atoms with Gasteiger partial charge < -0.3 is 19.7 Å². The van der Waals surface area contributed by atoms with E-state index in [9.17, 15) is 19.8 Å². The van der Waals surface area contributed by atoms with Gasteiger partial charge in [-0.25, -0.2) is 18.0 Å². The van der Waals surface area contributed by atoms with Crippen molar-refractivity contribution >= 4 is 21.8 Å². The number of carbonyl (C=O) groups excluding carboxylic acids is 2. The highest BCUT2D eigenvalue weighted by Gasteiger charge is 2.37. The van der Waals surface area contributed by atoms with Crippen LogP contribution in [0.5, 0.6) is 23.0 Å². The number of esters is 2. The number of phenols is 2. The maximum absolute atomic E-state index is 15.4. The van der Waals surface area contributed by atoms with Crippen LogP contribution in [0.4, 0.5) is 0 Å². The lowest BCUT2D eigenvalue weighted by Crippen LogP contribution is -2.22. The van der Waals surface area contributed by atoms with Gasteiger partial charge in [-0.15, -0.1) is 0 Å². The third kappa shape index (κ3) is 8.03. The third-order valence-corrected chi connectivity index (χ3v) is 10.9. The predicted octanol–water partition coefficient (Wildman–Crippen LogP) is 10.3. The van der Waals surface area contributed by atoms with E-state index in [1.807, 2.05) is 41.5 Å². The molecular weight excluding hydrogens is 713 g/mol. The number of carbonyl (C=O) groups is 2. The number of sulfone groups is 1. The number of hydrogen-bond acceptors (Lipinski definition) is 8. The summed E-state index contributed by atoms with van der Waals surface area (Å²) in [5, 5.41) is 20.1. The first-order valence-corrected chi connectivity index (χ1v) is 19.2. The predicted molar refractivity (Wildman–Crippen MR) is 213 cm³/mol. The summed E-state index contributed by atoms with van der Waals surface area (Å²) in [6.07, 6.45) is 0. The van der Waals surface area contributed by atoms with Gasteiger partial charge in [-0.1, -0.05) is 114 Å². The molecule has 0 heterocycles. The molecule has 0 aromatic heterocycles. The molecule has 6 rings (SSSR count). The van der Waals surface area contributed by atoms with Crippen LogP contribution in [0.25, 0.3) is 22.3 Å². The highest BCUT2D eigenvalue weighted by atomic mass is 32.2. The molecule has 0 amide bonds. The average molecular weight is 755 g/mol. The van der Waals surface area contributed by atoms with Crippen molar-refractivity contribution in [1.82, 2.24) is 0 Å². The molecule has 0 saturated heterocycles. The molecule has 0 spiro atoms. The average Bonchev–Trinajstić information content (AvgIpc) is 3.14.